The van der Waals surface area contributed by atoms with Crippen LogP contribution in [0.1, 0.15) is 81.1 Å². The molecule has 12 heteroatoms. The van der Waals surface area contributed by atoms with Crippen molar-refractivity contribution in [2.24, 2.45) is 39.7 Å². The Morgan fingerprint density at radius 2 is 1.46 bits per heavy atom. The summed E-state index contributed by atoms with van der Waals surface area (Å²) < 4.78 is 0. The SMILES string of the molecule is CC(C)(C)[C@H](NC(=O)N[C@@H](C(=O)O)C(C)(C)C)C(=O)N1C[C@H]2[C@@H]([C@H]1C(=O)NC(CC1CCC1)C(=O)C(N)=O)C2(C)C. The van der Waals surface area contributed by atoms with Crippen LogP contribution in [-0.2, 0) is 24.0 Å². The summed E-state index contributed by atoms with van der Waals surface area (Å²) in [6.07, 6.45) is 3.15. The van der Waals surface area contributed by atoms with Gasteiger partial charge >= 0.3 is 12.0 Å². The minimum absolute atomic E-state index is 0.0471. The van der Waals surface area contributed by atoms with Crippen molar-refractivity contribution in [2.45, 2.75) is 105 Å². The maximum atomic E-state index is 14.0. The first-order chi connectivity index (χ1) is 18.7. The zero-order chi connectivity index (χ0) is 31.2. The van der Waals surface area contributed by atoms with Crippen LogP contribution in [0, 0.1) is 34.0 Å². The molecule has 6 N–H and O–H groups in total. The van der Waals surface area contributed by atoms with Gasteiger partial charge in [0.25, 0.3) is 5.91 Å². The summed E-state index contributed by atoms with van der Waals surface area (Å²) in [4.78, 5) is 78.4. The fourth-order valence-corrected chi connectivity index (χ4v) is 6.30. The Balaban J connectivity index is 1.84. The molecule has 6 atom stereocenters. The first kappa shape index (κ1) is 32.3. The van der Waals surface area contributed by atoms with Gasteiger partial charge in [0.05, 0.1) is 6.04 Å². The molecule has 3 aliphatic rings. The largest absolute Gasteiger partial charge is 0.480 e. The Kier molecular flexibility index (Phi) is 8.87. The molecule has 1 aliphatic heterocycles. The number of urea groups is 1. The molecule has 1 heterocycles. The monoisotopic (exact) mass is 577 g/mol. The van der Waals surface area contributed by atoms with Crippen molar-refractivity contribution in [3.05, 3.63) is 0 Å². The molecule has 2 aliphatic carbocycles. The number of ketones is 1. The van der Waals surface area contributed by atoms with Gasteiger partial charge < -0.3 is 31.7 Å². The molecule has 3 rings (SSSR count). The molecular weight excluding hydrogens is 530 g/mol. The third kappa shape index (κ3) is 6.83. The Bertz CT molecular complexity index is 1100. The van der Waals surface area contributed by atoms with E-state index in [1.54, 1.807) is 41.5 Å². The topological polar surface area (TPSA) is 188 Å². The Morgan fingerprint density at radius 1 is 0.927 bits per heavy atom. The summed E-state index contributed by atoms with van der Waals surface area (Å²) >= 11 is 0. The second kappa shape index (κ2) is 11.2. The van der Waals surface area contributed by atoms with Crippen LogP contribution in [-0.4, -0.2) is 76.2 Å². The standard InChI is InChI=1S/C29H47N5O7/c1-27(2,3)20(32-26(41)33-21(25(39)40)28(4,5)6)24(38)34-13-15-17(29(15,7)8)18(34)23(37)31-16(19(35)22(30)36)12-14-10-9-11-14/h14-18,20-21H,9-13H2,1-8H3,(H2,30,36)(H,31,37)(H,39,40)(H2,32,33,41)/t15-,16?,17-,18-,20+,21-/m0/s1. The molecule has 0 bridgehead atoms. The maximum absolute atomic E-state index is 14.0. The number of fused-ring (bicyclic) bond motifs is 1. The van der Waals surface area contributed by atoms with E-state index >= 15 is 0 Å². The van der Waals surface area contributed by atoms with E-state index in [0.29, 0.717) is 13.0 Å². The number of nitrogens with two attached hydrogens (primary N) is 1. The predicted octanol–water partition coefficient (Wildman–Crippen LogP) is 1.41. The maximum Gasteiger partial charge on any atom is 0.326 e. The van der Waals surface area contributed by atoms with Gasteiger partial charge in [-0.25, -0.2) is 9.59 Å². The van der Waals surface area contributed by atoms with Gasteiger partial charge in [-0.15, -0.1) is 0 Å². The van der Waals surface area contributed by atoms with E-state index < -0.39 is 70.5 Å². The van der Waals surface area contributed by atoms with Gasteiger partial charge in [-0.2, -0.15) is 0 Å². The highest BCUT2D eigenvalue weighted by Gasteiger charge is 2.70. The molecule has 0 aromatic heterocycles. The van der Waals surface area contributed by atoms with Crippen LogP contribution in [0.15, 0.2) is 0 Å². The van der Waals surface area contributed by atoms with Crippen LogP contribution in [0.3, 0.4) is 0 Å². The van der Waals surface area contributed by atoms with Crippen molar-refractivity contribution in [1.29, 1.82) is 0 Å². The zero-order valence-corrected chi connectivity index (χ0v) is 25.5. The van der Waals surface area contributed by atoms with Gasteiger partial charge in [0, 0.05) is 6.54 Å². The fraction of sp³-hybridized carbons (Fsp3) is 0.793. The molecule has 1 unspecified atom stereocenters. The molecule has 0 aromatic rings. The van der Waals surface area contributed by atoms with E-state index in [1.807, 2.05) is 13.8 Å². The number of hydrogen-bond acceptors (Lipinski definition) is 6. The molecule has 0 radical (unpaired) electrons. The Morgan fingerprint density at radius 3 is 1.90 bits per heavy atom. The van der Waals surface area contributed by atoms with Gasteiger partial charge in [0.2, 0.25) is 17.6 Å². The van der Waals surface area contributed by atoms with Crippen molar-refractivity contribution < 1.29 is 33.9 Å². The lowest BCUT2D eigenvalue weighted by atomic mass is 9.80. The molecular formula is C29H47N5O7. The number of primary amides is 1. The quantitative estimate of drug-likeness (QED) is 0.243. The summed E-state index contributed by atoms with van der Waals surface area (Å²) in [5.74, 6) is -4.07. The van der Waals surface area contributed by atoms with Crippen LogP contribution >= 0.6 is 0 Å². The first-order valence-electron chi connectivity index (χ1n) is 14.4. The summed E-state index contributed by atoms with van der Waals surface area (Å²) in [6.45, 7) is 14.7. The second-order valence-corrected chi connectivity index (χ2v) is 14.8. The number of rotatable bonds is 10. The van der Waals surface area contributed by atoms with E-state index in [4.69, 9.17) is 5.73 Å². The average Bonchev–Trinajstić information content (AvgIpc) is 3.13. The first-order valence-corrected chi connectivity index (χ1v) is 14.4. The number of carboxylic acids is 1. The molecule has 41 heavy (non-hydrogen) atoms. The van der Waals surface area contributed by atoms with E-state index in [9.17, 15) is 33.9 Å². The number of amides is 5. The van der Waals surface area contributed by atoms with Crippen LogP contribution < -0.4 is 21.7 Å². The molecule has 0 spiro atoms. The van der Waals surface area contributed by atoms with Gasteiger partial charge in [0.1, 0.15) is 18.1 Å². The molecule has 12 nitrogen and oxygen atoms in total. The number of carboxylic acid groups (broad SMARTS) is 1. The van der Waals surface area contributed by atoms with E-state index in [1.165, 1.54) is 4.90 Å². The van der Waals surface area contributed by atoms with Crippen LogP contribution in [0.4, 0.5) is 4.79 Å². The number of nitrogens with one attached hydrogen (secondary N) is 3. The lowest BCUT2D eigenvalue weighted by molar-refractivity contribution is -0.145. The van der Waals surface area contributed by atoms with Gasteiger partial charge in [-0.3, -0.25) is 19.2 Å². The third-order valence-electron chi connectivity index (χ3n) is 9.21. The van der Waals surface area contributed by atoms with Crippen molar-refractivity contribution >= 4 is 35.5 Å². The van der Waals surface area contributed by atoms with Crippen LogP contribution in [0.5, 0.6) is 0 Å². The molecule has 1 saturated heterocycles. The highest BCUT2D eigenvalue weighted by Crippen LogP contribution is 2.65. The van der Waals surface area contributed by atoms with Gasteiger partial charge in [-0.05, 0) is 40.4 Å². The zero-order valence-electron chi connectivity index (χ0n) is 25.5. The molecule has 3 fully saturated rings. The highest BCUT2D eigenvalue weighted by atomic mass is 16.4. The summed E-state index contributed by atoms with van der Waals surface area (Å²) in [5.41, 5.74) is 3.50. The number of carbonyl (C=O) groups is 6. The lowest BCUT2D eigenvalue weighted by Gasteiger charge is -2.38. The number of piperidine rings is 1. The second-order valence-electron chi connectivity index (χ2n) is 14.8. The highest BCUT2D eigenvalue weighted by molar-refractivity contribution is 6.37. The molecule has 5 amide bonds. The number of Topliss-reactive ketones (excluding diaryl/α,β-unsaturated/α-hetero) is 1. The minimum atomic E-state index is -1.20. The number of nitrogens with zero attached hydrogens (tertiary/aromatic N) is 1. The van der Waals surface area contributed by atoms with Crippen LogP contribution in [0.2, 0.25) is 0 Å². The number of aliphatic carboxylic acids is 1. The molecule has 2 saturated carbocycles. The summed E-state index contributed by atoms with van der Waals surface area (Å²) in [5, 5.41) is 17.5. The smallest absolute Gasteiger partial charge is 0.326 e. The normalized spacial score (nSPS) is 25.6. The number of carbonyl (C=O) groups excluding carboxylic acids is 5. The Hall–Kier alpha value is -3.18. The van der Waals surface area contributed by atoms with Gasteiger partial charge in [-0.1, -0.05) is 74.7 Å². The van der Waals surface area contributed by atoms with Crippen molar-refractivity contribution in [1.82, 2.24) is 20.9 Å². The van der Waals surface area contributed by atoms with E-state index in [2.05, 4.69) is 16.0 Å². The molecule has 0 aromatic carbocycles. The van der Waals surface area contributed by atoms with E-state index in [0.717, 1.165) is 19.3 Å². The fourth-order valence-electron chi connectivity index (χ4n) is 6.30. The summed E-state index contributed by atoms with van der Waals surface area (Å²) in [6, 6.07) is -5.05. The lowest BCUT2D eigenvalue weighted by Crippen LogP contribution is -2.62. The average molecular weight is 578 g/mol. The third-order valence-corrected chi connectivity index (χ3v) is 9.21. The predicted molar refractivity (Wildman–Crippen MR) is 150 cm³/mol. The molecule has 230 valence electrons. The minimum Gasteiger partial charge on any atom is -0.480 e. The van der Waals surface area contributed by atoms with Crippen molar-refractivity contribution in [2.75, 3.05) is 6.54 Å². The summed E-state index contributed by atoms with van der Waals surface area (Å²) in [7, 11) is 0. The van der Waals surface area contributed by atoms with E-state index in [-0.39, 0.29) is 23.2 Å². The number of hydrogen-bond donors (Lipinski definition) is 5. The van der Waals surface area contributed by atoms with Gasteiger partial charge in [0.15, 0.2) is 0 Å². The Labute approximate surface area is 241 Å². The number of likely N-dealkylation sites (tertiary alicyclic amines) is 1. The van der Waals surface area contributed by atoms with Crippen molar-refractivity contribution in [3.8, 4) is 0 Å². The van der Waals surface area contributed by atoms with Crippen molar-refractivity contribution in [3.63, 3.8) is 0 Å². The van der Waals surface area contributed by atoms with Crippen LogP contribution in [0.25, 0.3) is 0 Å².